The molecule has 0 radical (unpaired) electrons. The zero-order chi connectivity index (χ0) is 22.9. The topological polar surface area (TPSA) is 87.0 Å². The van der Waals surface area contributed by atoms with Crippen LogP contribution in [0.25, 0.3) is 11.1 Å². The van der Waals surface area contributed by atoms with Gasteiger partial charge in [-0.05, 0) is 77.1 Å². The van der Waals surface area contributed by atoms with Crippen LogP contribution in [0.5, 0.6) is 17.2 Å². The minimum atomic E-state index is -0.831. The minimum Gasteiger partial charge on any atom is -0.508 e. The Morgan fingerprint density at radius 3 is 1.94 bits per heavy atom. The van der Waals surface area contributed by atoms with Crippen LogP contribution in [0.3, 0.4) is 0 Å². The molecule has 166 valence electrons. The molecule has 3 aromatic carbocycles. The van der Waals surface area contributed by atoms with E-state index in [9.17, 15) is 15.0 Å². The Hall–Kier alpha value is -3.73. The highest BCUT2D eigenvalue weighted by Crippen LogP contribution is 2.37. The average molecular weight is 433 g/mol. The van der Waals surface area contributed by atoms with Crippen molar-refractivity contribution in [2.75, 3.05) is 6.61 Å². The van der Waals surface area contributed by atoms with Crippen LogP contribution in [0.15, 0.2) is 72.8 Å². The molecule has 0 spiro atoms. The van der Waals surface area contributed by atoms with Crippen molar-refractivity contribution in [1.29, 1.82) is 0 Å². The van der Waals surface area contributed by atoms with Crippen LogP contribution >= 0.6 is 0 Å². The molecule has 0 aromatic heterocycles. The van der Waals surface area contributed by atoms with Crippen LogP contribution in [0, 0.1) is 0 Å². The van der Waals surface area contributed by atoms with Crippen LogP contribution in [0.2, 0.25) is 0 Å². The molecule has 0 amide bonds. The fraction of sp³-hybridized carbons (Fsp3) is 0.222. The summed E-state index contributed by atoms with van der Waals surface area (Å²) < 4.78 is 5.80. The van der Waals surface area contributed by atoms with Crippen LogP contribution in [0.1, 0.15) is 49.3 Å². The second kappa shape index (κ2) is 11.0. The van der Waals surface area contributed by atoms with Gasteiger partial charge in [-0.15, -0.1) is 0 Å². The van der Waals surface area contributed by atoms with E-state index in [4.69, 9.17) is 9.84 Å². The first-order valence-electron chi connectivity index (χ1n) is 10.7. The Morgan fingerprint density at radius 1 is 0.812 bits per heavy atom. The Morgan fingerprint density at radius 2 is 1.41 bits per heavy atom. The van der Waals surface area contributed by atoms with Crippen LogP contribution in [-0.2, 0) is 4.79 Å². The Kier molecular flexibility index (Phi) is 7.92. The van der Waals surface area contributed by atoms with Gasteiger partial charge < -0.3 is 20.1 Å². The maximum Gasteiger partial charge on any atom is 0.303 e. The Balaban J connectivity index is 2.06. The molecule has 3 N–H and O–H groups in total. The third-order valence-electron chi connectivity index (χ3n) is 5.10. The van der Waals surface area contributed by atoms with Gasteiger partial charge in [0.15, 0.2) is 0 Å². The number of allylic oxidation sites excluding steroid dienone is 1. The minimum absolute atomic E-state index is 0.0759. The van der Waals surface area contributed by atoms with Crippen LogP contribution < -0.4 is 4.74 Å². The van der Waals surface area contributed by atoms with Gasteiger partial charge in [-0.1, -0.05) is 49.7 Å². The van der Waals surface area contributed by atoms with Crippen molar-refractivity contribution in [1.82, 2.24) is 0 Å². The predicted molar refractivity (Wildman–Crippen MR) is 126 cm³/mol. The molecule has 0 saturated heterocycles. The van der Waals surface area contributed by atoms with Gasteiger partial charge in [0, 0.05) is 6.42 Å². The maximum atomic E-state index is 10.7. The third-order valence-corrected chi connectivity index (χ3v) is 5.10. The van der Waals surface area contributed by atoms with Gasteiger partial charge in [-0.25, -0.2) is 0 Å². The summed E-state index contributed by atoms with van der Waals surface area (Å²) in [5.41, 5.74) is 5.09. The Bertz CT molecular complexity index is 1020. The second-order valence-corrected chi connectivity index (χ2v) is 7.57. The maximum absolute atomic E-state index is 10.7. The monoisotopic (exact) mass is 432 g/mol. The number of hydrogen-bond donors (Lipinski definition) is 3. The fourth-order valence-corrected chi connectivity index (χ4v) is 3.62. The standard InChI is InChI=1S/C27H28O5/c1-2-5-25(21-6-3-7-24(18-21)32-17-4-8-26(30)31)27(19-9-13-22(28)14-10-19)20-11-15-23(29)16-12-20/h3,6-7,9-16,18,28-29H,2,4-5,8,17H2,1H3,(H,30,31). The summed E-state index contributed by atoms with van der Waals surface area (Å²) in [6, 6.07) is 22.0. The summed E-state index contributed by atoms with van der Waals surface area (Å²) in [6.45, 7) is 2.46. The lowest BCUT2D eigenvalue weighted by Gasteiger charge is -2.18. The van der Waals surface area contributed by atoms with E-state index in [-0.39, 0.29) is 17.9 Å². The van der Waals surface area contributed by atoms with Gasteiger partial charge in [0.05, 0.1) is 6.61 Å². The van der Waals surface area contributed by atoms with Crippen molar-refractivity contribution in [3.8, 4) is 17.2 Å². The number of rotatable bonds is 10. The highest BCUT2D eigenvalue weighted by molar-refractivity contribution is 5.98. The number of aromatic hydroxyl groups is 2. The SMILES string of the molecule is CCCC(=C(c1ccc(O)cc1)c1ccc(O)cc1)c1cccc(OCCCC(=O)O)c1. The lowest BCUT2D eigenvalue weighted by molar-refractivity contribution is -0.137. The first kappa shape index (κ1) is 22.9. The average Bonchev–Trinajstić information content (AvgIpc) is 2.79. The molecule has 3 aromatic rings. The van der Waals surface area contributed by atoms with E-state index in [2.05, 4.69) is 6.92 Å². The summed E-state index contributed by atoms with van der Waals surface area (Å²) in [4.78, 5) is 10.7. The van der Waals surface area contributed by atoms with E-state index in [0.29, 0.717) is 18.8 Å². The van der Waals surface area contributed by atoms with Crippen LogP contribution in [0.4, 0.5) is 0 Å². The molecule has 0 unspecified atom stereocenters. The van der Waals surface area contributed by atoms with Crippen molar-refractivity contribution in [2.45, 2.75) is 32.6 Å². The molecular weight excluding hydrogens is 404 g/mol. The van der Waals surface area contributed by atoms with Gasteiger partial charge >= 0.3 is 5.97 Å². The molecule has 0 atom stereocenters. The largest absolute Gasteiger partial charge is 0.508 e. The number of carboxylic acids is 1. The highest BCUT2D eigenvalue weighted by atomic mass is 16.5. The van der Waals surface area contributed by atoms with Crippen molar-refractivity contribution >= 4 is 17.1 Å². The first-order valence-corrected chi connectivity index (χ1v) is 10.7. The summed E-state index contributed by atoms with van der Waals surface area (Å²) in [5.74, 6) is 0.264. The van der Waals surface area contributed by atoms with Crippen LogP contribution in [-0.4, -0.2) is 27.9 Å². The smallest absolute Gasteiger partial charge is 0.303 e. The summed E-state index contributed by atoms with van der Waals surface area (Å²) >= 11 is 0. The number of aliphatic carboxylic acids is 1. The molecule has 0 heterocycles. The van der Waals surface area contributed by atoms with E-state index < -0.39 is 5.97 Å². The van der Waals surface area contributed by atoms with Crippen molar-refractivity contribution in [3.63, 3.8) is 0 Å². The van der Waals surface area contributed by atoms with Crippen molar-refractivity contribution in [3.05, 3.63) is 89.5 Å². The lowest BCUT2D eigenvalue weighted by atomic mass is 9.87. The van der Waals surface area contributed by atoms with Gasteiger partial charge in [0.1, 0.15) is 17.2 Å². The number of carboxylic acid groups (broad SMARTS) is 1. The first-order chi connectivity index (χ1) is 15.5. The molecule has 5 nitrogen and oxygen atoms in total. The molecule has 0 saturated carbocycles. The molecule has 0 aliphatic carbocycles. The van der Waals surface area contributed by atoms with E-state index >= 15 is 0 Å². The lowest BCUT2D eigenvalue weighted by Crippen LogP contribution is -2.02. The zero-order valence-corrected chi connectivity index (χ0v) is 18.1. The van der Waals surface area contributed by atoms with Gasteiger partial charge in [-0.3, -0.25) is 4.79 Å². The fourth-order valence-electron chi connectivity index (χ4n) is 3.62. The number of phenolic OH excluding ortho intramolecular Hbond substituents is 2. The van der Waals surface area contributed by atoms with E-state index in [1.807, 2.05) is 48.5 Å². The van der Waals surface area contributed by atoms with E-state index in [0.717, 1.165) is 40.7 Å². The molecule has 0 aliphatic heterocycles. The predicted octanol–water partition coefficient (Wildman–Crippen LogP) is 6.10. The normalized spacial score (nSPS) is 10.5. The number of benzene rings is 3. The van der Waals surface area contributed by atoms with E-state index in [1.54, 1.807) is 24.3 Å². The second-order valence-electron chi connectivity index (χ2n) is 7.57. The molecule has 0 fully saturated rings. The highest BCUT2D eigenvalue weighted by Gasteiger charge is 2.15. The van der Waals surface area contributed by atoms with Gasteiger partial charge in [0.2, 0.25) is 0 Å². The van der Waals surface area contributed by atoms with E-state index in [1.165, 1.54) is 0 Å². The molecule has 5 heteroatoms. The summed E-state index contributed by atoms with van der Waals surface area (Å²) in [5, 5.41) is 28.4. The molecule has 3 rings (SSSR count). The quantitative estimate of drug-likeness (QED) is 0.266. The molecule has 0 aliphatic rings. The number of ether oxygens (including phenoxy) is 1. The summed E-state index contributed by atoms with van der Waals surface area (Å²) in [6.07, 6.45) is 2.27. The zero-order valence-electron chi connectivity index (χ0n) is 18.1. The van der Waals surface area contributed by atoms with Gasteiger partial charge in [-0.2, -0.15) is 0 Å². The van der Waals surface area contributed by atoms with Crippen molar-refractivity contribution < 1.29 is 24.9 Å². The summed E-state index contributed by atoms with van der Waals surface area (Å²) in [7, 11) is 0. The molecule has 32 heavy (non-hydrogen) atoms. The number of carbonyl (C=O) groups is 1. The number of hydrogen-bond acceptors (Lipinski definition) is 4. The van der Waals surface area contributed by atoms with Crippen molar-refractivity contribution in [2.24, 2.45) is 0 Å². The number of phenols is 2. The molecule has 0 bridgehead atoms. The third kappa shape index (κ3) is 6.14. The molecular formula is C27H28O5. The Labute approximate surface area is 188 Å². The van der Waals surface area contributed by atoms with Gasteiger partial charge in [0.25, 0.3) is 0 Å².